The van der Waals surface area contributed by atoms with E-state index in [0.717, 1.165) is 17.5 Å². The zero-order valence-corrected chi connectivity index (χ0v) is 17.1. The van der Waals surface area contributed by atoms with Gasteiger partial charge in [0.05, 0.1) is 0 Å². The molecule has 0 aromatic heterocycles. The van der Waals surface area contributed by atoms with Crippen molar-refractivity contribution in [2.75, 3.05) is 13.1 Å². The van der Waals surface area contributed by atoms with Crippen molar-refractivity contribution in [2.24, 2.45) is 11.1 Å². The molecule has 0 aliphatic heterocycles. The standard InChI is InChI=1S/C23H31N3O2/c1-23(2,3)22(28)25-16-18-10-12-20(13-11-18)21(27)26(15-7-14-24)17-19-8-5-4-6-9-19/h4-6,8-13H,7,14-17,24H2,1-3H3,(H,25,28). The minimum atomic E-state index is -0.420. The molecule has 2 rings (SSSR count). The fraction of sp³-hybridized carbons (Fsp3) is 0.391. The summed E-state index contributed by atoms with van der Waals surface area (Å²) in [5.41, 5.74) is 7.92. The van der Waals surface area contributed by atoms with Crippen LogP contribution in [0.5, 0.6) is 0 Å². The molecule has 2 aromatic carbocycles. The average Bonchev–Trinajstić information content (AvgIpc) is 2.69. The maximum atomic E-state index is 13.0. The van der Waals surface area contributed by atoms with Crippen LogP contribution in [0.25, 0.3) is 0 Å². The van der Waals surface area contributed by atoms with Crippen LogP contribution in [0.1, 0.15) is 48.7 Å². The molecule has 0 fully saturated rings. The van der Waals surface area contributed by atoms with Crippen molar-refractivity contribution in [1.82, 2.24) is 10.2 Å². The van der Waals surface area contributed by atoms with E-state index in [1.54, 1.807) is 0 Å². The highest BCUT2D eigenvalue weighted by Gasteiger charge is 2.20. The van der Waals surface area contributed by atoms with Crippen molar-refractivity contribution >= 4 is 11.8 Å². The lowest BCUT2D eigenvalue weighted by atomic mass is 9.95. The van der Waals surface area contributed by atoms with Gasteiger partial charge in [0.1, 0.15) is 0 Å². The van der Waals surface area contributed by atoms with Gasteiger partial charge in [0.25, 0.3) is 5.91 Å². The van der Waals surface area contributed by atoms with Crippen LogP contribution in [0.4, 0.5) is 0 Å². The molecule has 5 nitrogen and oxygen atoms in total. The first-order chi connectivity index (χ1) is 13.3. The second-order valence-corrected chi connectivity index (χ2v) is 7.98. The van der Waals surface area contributed by atoms with E-state index < -0.39 is 5.41 Å². The third-order valence-electron chi connectivity index (χ3n) is 4.47. The molecule has 0 unspecified atom stereocenters. The van der Waals surface area contributed by atoms with Gasteiger partial charge in [0.2, 0.25) is 5.91 Å². The second kappa shape index (κ2) is 10.0. The molecular formula is C23H31N3O2. The van der Waals surface area contributed by atoms with Crippen LogP contribution in [0.2, 0.25) is 0 Å². The Kier molecular flexibility index (Phi) is 7.76. The lowest BCUT2D eigenvalue weighted by Gasteiger charge is -2.23. The van der Waals surface area contributed by atoms with E-state index in [4.69, 9.17) is 5.73 Å². The first-order valence-corrected chi connectivity index (χ1v) is 9.72. The quantitative estimate of drug-likeness (QED) is 0.736. The summed E-state index contributed by atoms with van der Waals surface area (Å²) in [6.45, 7) is 7.82. The lowest BCUT2D eigenvalue weighted by molar-refractivity contribution is -0.128. The Bertz CT molecular complexity index is 765. The molecular weight excluding hydrogens is 350 g/mol. The molecule has 28 heavy (non-hydrogen) atoms. The van der Waals surface area contributed by atoms with E-state index >= 15 is 0 Å². The molecule has 0 heterocycles. The summed E-state index contributed by atoms with van der Waals surface area (Å²) in [6, 6.07) is 17.4. The predicted octanol–water partition coefficient (Wildman–Crippen LogP) is 3.34. The molecule has 0 radical (unpaired) electrons. The number of nitrogens with two attached hydrogens (primary N) is 1. The summed E-state index contributed by atoms with van der Waals surface area (Å²) in [6.07, 6.45) is 0.759. The minimum Gasteiger partial charge on any atom is -0.352 e. The number of rotatable bonds is 8. The number of hydrogen-bond donors (Lipinski definition) is 2. The molecule has 0 spiro atoms. The molecule has 0 atom stereocenters. The molecule has 5 heteroatoms. The van der Waals surface area contributed by atoms with Crippen LogP contribution in [0, 0.1) is 5.41 Å². The molecule has 150 valence electrons. The zero-order valence-electron chi connectivity index (χ0n) is 17.1. The summed E-state index contributed by atoms with van der Waals surface area (Å²) in [7, 11) is 0. The normalized spacial score (nSPS) is 11.1. The van der Waals surface area contributed by atoms with Crippen LogP contribution in [0.3, 0.4) is 0 Å². The smallest absolute Gasteiger partial charge is 0.254 e. The van der Waals surface area contributed by atoms with Gasteiger partial charge >= 0.3 is 0 Å². The SMILES string of the molecule is CC(C)(C)C(=O)NCc1ccc(C(=O)N(CCCN)Cc2ccccc2)cc1. The molecule has 0 bridgehead atoms. The summed E-state index contributed by atoms with van der Waals surface area (Å²) >= 11 is 0. The highest BCUT2D eigenvalue weighted by atomic mass is 16.2. The van der Waals surface area contributed by atoms with Gasteiger partial charge in [0, 0.05) is 30.6 Å². The van der Waals surface area contributed by atoms with Gasteiger partial charge in [-0.2, -0.15) is 0 Å². The first-order valence-electron chi connectivity index (χ1n) is 9.72. The predicted molar refractivity (Wildman–Crippen MR) is 113 cm³/mol. The number of nitrogens with zero attached hydrogens (tertiary/aromatic N) is 1. The molecule has 3 N–H and O–H groups in total. The van der Waals surface area contributed by atoms with Crippen LogP contribution >= 0.6 is 0 Å². The summed E-state index contributed by atoms with van der Waals surface area (Å²) in [5, 5.41) is 2.92. The first kappa shape index (κ1) is 21.6. The Morgan fingerprint density at radius 2 is 1.61 bits per heavy atom. The van der Waals surface area contributed by atoms with E-state index in [9.17, 15) is 9.59 Å². The van der Waals surface area contributed by atoms with Crippen molar-refractivity contribution in [1.29, 1.82) is 0 Å². The Morgan fingerprint density at radius 3 is 2.18 bits per heavy atom. The van der Waals surface area contributed by atoms with E-state index in [0.29, 0.717) is 31.7 Å². The fourth-order valence-corrected chi connectivity index (χ4v) is 2.73. The Morgan fingerprint density at radius 1 is 0.964 bits per heavy atom. The molecule has 0 saturated carbocycles. The molecule has 0 saturated heterocycles. The average molecular weight is 382 g/mol. The summed E-state index contributed by atoms with van der Waals surface area (Å²) < 4.78 is 0. The second-order valence-electron chi connectivity index (χ2n) is 7.98. The molecule has 0 aliphatic rings. The van der Waals surface area contributed by atoms with Gasteiger partial charge in [-0.15, -0.1) is 0 Å². The van der Waals surface area contributed by atoms with Crippen molar-refractivity contribution in [3.05, 3.63) is 71.3 Å². The number of benzene rings is 2. The topological polar surface area (TPSA) is 75.4 Å². The lowest BCUT2D eigenvalue weighted by Crippen LogP contribution is -2.34. The van der Waals surface area contributed by atoms with Crippen molar-refractivity contribution in [2.45, 2.75) is 40.3 Å². The number of nitrogens with one attached hydrogen (secondary N) is 1. The molecule has 0 aliphatic carbocycles. The van der Waals surface area contributed by atoms with Crippen molar-refractivity contribution < 1.29 is 9.59 Å². The van der Waals surface area contributed by atoms with Crippen LogP contribution in [0.15, 0.2) is 54.6 Å². The largest absolute Gasteiger partial charge is 0.352 e. The van der Waals surface area contributed by atoms with Crippen LogP contribution in [-0.2, 0) is 17.9 Å². The number of carbonyl (C=O) groups is 2. The van der Waals surface area contributed by atoms with Crippen LogP contribution in [-0.4, -0.2) is 29.8 Å². The van der Waals surface area contributed by atoms with E-state index in [2.05, 4.69) is 5.32 Å². The Balaban J connectivity index is 2.04. The number of amides is 2. The molecule has 2 aromatic rings. The van der Waals surface area contributed by atoms with E-state index in [-0.39, 0.29) is 11.8 Å². The van der Waals surface area contributed by atoms with Gasteiger partial charge < -0.3 is 16.0 Å². The minimum absolute atomic E-state index is 0.00322. The van der Waals surface area contributed by atoms with Gasteiger partial charge in [-0.1, -0.05) is 63.2 Å². The maximum absolute atomic E-state index is 13.0. The number of hydrogen-bond acceptors (Lipinski definition) is 3. The zero-order chi connectivity index (χ0) is 20.6. The van der Waals surface area contributed by atoms with E-state index in [1.807, 2.05) is 80.3 Å². The fourth-order valence-electron chi connectivity index (χ4n) is 2.73. The van der Waals surface area contributed by atoms with Gasteiger partial charge in [-0.05, 0) is 36.2 Å². The third kappa shape index (κ3) is 6.50. The number of carbonyl (C=O) groups excluding carboxylic acids is 2. The third-order valence-corrected chi connectivity index (χ3v) is 4.47. The monoisotopic (exact) mass is 381 g/mol. The maximum Gasteiger partial charge on any atom is 0.254 e. The van der Waals surface area contributed by atoms with E-state index in [1.165, 1.54) is 0 Å². The Hall–Kier alpha value is -2.66. The van der Waals surface area contributed by atoms with Crippen molar-refractivity contribution in [3.8, 4) is 0 Å². The van der Waals surface area contributed by atoms with Gasteiger partial charge in [-0.25, -0.2) is 0 Å². The van der Waals surface area contributed by atoms with Crippen molar-refractivity contribution in [3.63, 3.8) is 0 Å². The summed E-state index contributed by atoms with van der Waals surface area (Å²) in [5.74, 6) is -0.00828. The highest BCUT2D eigenvalue weighted by Crippen LogP contribution is 2.14. The summed E-state index contributed by atoms with van der Waals surface area (Å²) in [4.78, 5) is 26.8. The van der Waals surface area contributed by atoms with Gasteiger partial charge in [0.15, 0.2) is 0 Å². The molecule has 2 amide bonds. The van der Waals surface area contributed by atoms with Crippen LogP contribution < -0.4 is 11.1 Å². The highest BCUT2D eigenvalue weighted by molar-refractivity contribution is 5.94. The Labute approximate surface area is 167 Å². The van der Waals surface area contributed by atoms with Gasteiger partial charge in [-0.3, -0.25) is 9.59 Å².